The van der Waals surface area contributed by atoms with Gasteiger partial charge in [0.25, 0.3) is 0 Å². The molecule has 1 aromatic carbocycles. The summed E-state index contributed by atoms with van der Waals surface area (Å²) in [6.45, 7) is 3.80. The van der Waals surface area contributed by atoms with Crippen molar-refractivity contribution in [3.05, 3.63) is 35.6 Å². The highest BCUT2D eigenvalue weighted by Gasteiger charge is 2.28. The van der Waals surface area contributed by atoms with Gasteiger partial charge in [0.05, 0.1) is 18.8 Å². The summed E-state index contributed by atoms with van der Waals surface area (Å²) in [6.07, 6.45) is 0.510. The van der Waals surface area contributed by atoms with Crippen LogP contribution in [0.3, 0.4) is 0 Å². The van der Waals surface area contributed by atoms with Crippen molar-refractivity contribution in [1.29, 1.82) is 0 Å². The summed E-state index contributed by atoms with van der Waals surface area (Å²) in [4.78, 5) is 0. The van der Waals surface area contributed by atoms with Crippen molar-refractivity contribution < 1.29 is 14.2 Å². The molecule has 2 atom stereocenters. The highest BCUT2D eigenvalue weighted by Crippen LogP contribution is 2.26. The van der Waals surface area contributed by atoms with Gasteiger partial charge in [-0.15, -0.1) is 0 Å². The second-order valence-electron chi connectivity index (χ2n) is 4.71. The molecule has 0 radical (unpaired) electrons. The van der Waals surface area contributed by atoms with Crippen molar-refractivity contribution >= 4 is 0 Å². The minimum Gasteiger partial charge on any atom is -0.385 e. The van der Waals surface area contributed by atoms with Gasteiger partial charge in [-0.3, -0.25) is 0 Å². The fourth-order valence-electron chi connectivity index (χ4n) is 2.17. The molecule has 3 nitrogen and oxygen atoms in total. The molecule has 0 bridgehead atoms. The second kappa shape index (κ2) is 5.12. The van der Waals surface area contributed by atoms with Crippen molar-refractivity contribution in [2.45, 2.75) is 25.0 Å². The van der Waals surface area contributed by atoms with Gasteiger partial charge in [-0.25, -0.2) is 4.39 Å². The van der Waals surface area contributed by atoms with Crippen LogP contribution in [0, 0.1) is 5.82 Å². The van der Waals surface area contributed by atoms with E-state index < -0.39 is 5.60 Å². The summed E-state index contributed by atoms with van der Waals surface area (Å²) in [5.41, 5.74) is -0.439. The molecule has 1 aliphatic heterocycles. The molecule has 0 saturated carbocycles. The van der Waals surface area contributed by atoms with Crippen LogP contribution in [0.25, 0.3) is 0 Å². The van der Waals surface area contributed by atoms with Crippen LogP contribution in [0.4, 0.5) is 4.39 Å². The molecule has 2 N–H and O–H groups in total. The van der Waals surface area contributed by atoms with Gasteiger partial charge in [-0.1, -0.05) is 12.1 Å². The Kier molecular flexibility index (Phi) is 3.76. The number of nitrogens with one attached hydrogen (secondary N) is 1. The highest BCUT2D eigenvalue weighted by molar-refractivity contribution is 5.22. The Bertz CT molecular complexity index is 375. The van der Waals surface area contributed by atoms with Gasteiger partial charge in [0.2, 0.25) is 0 Å². The van der Waals surface area contributed by atoms with E-state index >= 15 is 0 Å². The zero-order valence-electron chi connectivity index (χ0n) is 9.95. The fourth-order valence-corrected chi connectivity index (χ4v) is 2.17. The predicted octanol–water partition coefficient (Wildman–Crippen LogP) is 1.41. The third-order valence-electron chi connectivity index (χ3n) is 3.09. The maximum atomic E-state index is 13.1. The lowest BCUT2D eigenvalue weighted by Crippen LogP contribution is -2.45. The molecule has 4 heteroatoms. The first-order valence-corrected chi connectivity index (χ1v) is 5.87. The molecule has 1 fully saturated rings. The molecule has 1 saturated heterocycles. The van der Waals surface area contributed by atoms with Gasteiger partial charge in [-0.2, -0.15) is 0 Å². The molecule has 1 aliphatic rings. The number of ether oxygens (including phenoxy) is 1. The SMILES string of the molecule is CC(O)(CC1COCCN1)c1cccc(F)c1. The molecule has 1 heterocycles. The molecule has 2 rings (SSSR count). The fraction of sp³-hybridized carbons (Fsp3) is 0.538. The molecular weight excluding hydrogens is 221 g/mol. The van der Waals surface area contributed by atoms with E-state index in [9.17, 15) is 9.50 Å². The van der Waals surface area contributed by atoms with E-state index in [1.54, 1.807) is 19.1 Å². The van der Waals surface area contributed by atoms with Crippen molar-refractivity contribution in [1.82, 2.24) is 5.32 Å². The number of hydrogen-bond acceptors (Lipinski definition) is 3. The standard InChI is InChI=1S/C13H18FNO2/c1-13(16,8-12-9-17-6-5-15-12)10-3-2-4-11(14)7-10/h2-4,7,12,15-16H,5-6,8-9H2,1H3. The van der Waals surface area contributed by atoms with E-state index in [0.717, 1.165) is 6.54 Å². The first-order valence-electron chi connectivity index (χ1n) is 5.87. The van der Waals surface area contributed by atoms with Crippen molar-refractivity contribution in [2.24, 2.45) is 0 Å². The van der Waals surface area contributed by atoms with Crippen LogP contribution in [-0.2, 0) is 10.3 Å². The van der Waals surface area contributed by atoms with Gasteiger partial charge in [0.15, 0.2) is 0 Å². The van der Waals surface area contributed by atoms with Crippen LogP contribution in [0.2, 0.25) is 0 Å². The summed E-state index contributed by atoms with van der Waals surface area (Å²) in [5, 5.41) is 13.7. The average molecular weight is 239 g/mol. The summed E-state index contributed by atoms with van der Waals surface area (Å²) < 4.78 is 18.5. The van der Waals surface area contributed by atoms with Crippen LogP contribution in [-0.4, -0.2) is 30.9 Å². The van der Waals surface area contributed by atoms with Gasteiger partial charge in [0.1, 0.15) is 5.82 Å². The zero-order chi connectivity index (χ0) is 12.3. The number of morpholine rings is 1. The molecule has 0 spiro atoms. The molecular formula is C13H18FNO2. The topological polar surface area (TPSA) is 41.5 Å². The summed E-state index contributed by atoms with van der Waals surface area (Å²) in [7, 11) is 0. The van der Waals surface area contributed by atoms with E-state index in [1.807, 2.05) is 0 Å². The number of hydrogen-bond donors (Lipinski definition) is 2. The number of benzene rings is 1. The van der Waals surface area contributed by atoms with Gasteiger partial charge >= 0.3 is 0 Å². The largest absolute Gasteiger partial charge is 0.385 e. The average Bonchev–Trinajstić information content (AvgIpc) is 2.30. The monoisotopic (exact) mass is 239 g/mol. The Morgan fingerprint density at radius 1 is 1.59 bits per heavy atom. The quantitative estimate of drug-likeness (QED) is 0.838. The van der Waals surface area contributed by atoms with Crippen molar-refractivity contribution in [3.8, 4) is 0 Å². The Morgan fingerprint density at radius 2 is 2.41 bits per heavy atom. The molecule has 0 aromatic heterocycles. The van der Waals surface area contributed by atoms with Gasteiger partial charge in [-0.05, 0) is 31.0 Å². The van der Waals surface area contributed by atoms with Crippen LogP contribution in [0.15, 0.2) is 24.3 Å². The Morgan fingerprint density at radius 3 is 3.06 bits per heavy atom. The van der Waals surface area contributed by atoms with Crippen LogP contribution in [0.5, 0.6) is 0 Å². The lowest BCUT2D eigenvalue weighted by atomic mass is 9.89. The summed E-state index contributed by atoms with van der Waals surface area (Å²) in [5.74, 6) is -0.323. The Labute approximate surface area is 101 Å². The minimum absolute atomic E-state index is 0.113. The van der Waals surface area contributed by atoms with E-state index in [4.69, 9.17) is 4.74 Å². The Hall–Kier alpha value is -0.970. The van der Waals surface area contributed by atoms with Gasteiger partial charge in [0, 0.05) is 12.6 Å². The third kappa shape index (κ3) is 3.25. The number of halogens is 1. The van der Waals surface area contributed by atoms with Crippen LogP contribution >= 0.6 is 0 Å². The summed E-state index contributed by atoms with van der Waals surface area (Å²) in [6, 6.07) is 6.23. The van der Waals surface area contributed by atoms with Crippen LogP contribution in [0.1, 0.15) is 18.9 Å². The molecule has 94 valence electrons. The van der Waals surface area contributed by atoms with Gasteiger partial charge < -0.3 is 15.2 Å². The summed E-state index contributed by atoms with van der Waals surface area (Å²) >= 11 is 0. The number of aliphatic hydroxyl groups is 1. The first-order chi connectivity index (χ1) is 8.08. The lowest BCUT2D eigenvalue weighted by Gasteiger charge is -2.31. The lowest BCUT2D eigenvalue weighted by molar-refractivity contribution is 0.00305. The van der Waals surface area contributed by atoms with Crippen LogP contribution < -0.4 is 5.32 Å². The smallest absolute Gasteiger partial charge is 0.123 e. The Balaban J connectivity index is 2.06. The van der Waals surface area contributed by atoms with E-state index in [2.05, 4.69) is 5.32 Å². The van der Waals surface area contributed by atoms with E-state index in [1.165, 1.54) is 12.1 Å². The minimum atomic E-state index is -1.04. The molecule has 0 aliphatic carbocycles. The third-order valence-corrected chi connectivity index (χ3v) is 3.09. The molecule has 1 aromatic rings. The van der Waals surface area contributed by atoms with E-state index in [-0.39, 0.29) is 11.9 Å². The first kappa shape index (κ1) is 12.5. The second-order valence-corrected chi connectivity index (χ2v) is 4.71. The van der Waals surface area contributed by atoms with Crippen molar-refractivity contribution in [3.63, 3.8) is 0 Å². The maximum absolute atomic E-state index is 13.1. The molecule has 17 heavy (non-hydrogen) atoms. The molecule has 0 amide bonds. The number of rotatable bonds is 3. The van der Waals surface area contributed by atoms with E-state index in [0.29, 0.717) is 25.2 Å². The van der Waals surface area contributed by atoms with Crippen molar-refractivity contribution in [2.75, 3.05) is 19.8 Å². The zero-order valence-corrected chi connectivity index (χ0v) is 9.95. The molecule has 2 unspecified atom stereocenters. The normalized spacial score (nSPS) is 24.3. The highest BCUT2D eigenvalue weighted by atomic mass is 19.1. The predicted molar refractivity (Wildman–Crippen MR) is 63.2 cm³/mol. The maximum Gasteiger partial charge on any atom is 0.123 e.